The third kappa shape index (κ3) is 7.20. The number of aryl methyl sites for hydroxylation is 2. The molecule has 0 spiro atoms. The molecule has 9 rings (SSSR count). The molecule has 6 aromatic carbocycles. The first kappa shape index (κ1) is 40.7. The van der Waals surface area contributed by atoms with Crippen LogP contribution in [0.15, 0.2) is 144 Å². The van der Waals surface area contributed by atoms with Gasteiger partial charge in [0.1, 0.15) is 22.9 Å². The van der Waals surface area contributed by atoms with Gasteiger partial charge < -0.3 is 9.52 Å². The van der Waals surface area contributed by atoms with Crippen molar-refractivity contribution in [3.05, 3.63) is 168 Å². The molecule has 0 amide bonds. The fourth-order valence-electron chi connectivity index (χ4n) is 8.33. The molecule has 0 saturated carbocycles. The molecular formula is C54H48N3O2Pt-. The molecule has 0 aliphatic carbocycles. The second-order valence-corrected chi connectivity index (χ2v) is 17.7. The van der Waals surface area contributed by atoms with Gasteiger partial charge in [-0.1, -0.05) is 138 Å². The summed E-state index contributed by atoms with van der Waals surface area (Å²) in [6, 6.07) is 49.8. The van der Waals surface area contributed by atoms with Gasteiger partial charge in [0.2, 0.25) is 0 Å². The Hall–Kier alpha value is -6.03. The minimum atomic E-state index is -0.316. The van der Waals surface area contributed by atoms with E-state index < -0.39 is 0 Å². The van der Waals surface area contributed by atoms with Gasteiger partial charge in [0.15, 0.2) is 0 Å². The third-order valence-electron chi connectivity index (χ3n) is 11.4. The summed E-state index contributed by atoms with van der Waals surface area (Å²) >= 11 is 0. The van der Waals surface area contributed by atoms with Gasteiger partial charge in [0.05, 0.1) is 22.3 Å². The first-order chi connectivity index (χ1) is 28.3. The Balaban J connectivity index is 0.00000499. The SMILES string of the molecule is Cc1cccc(C)c1-c1cc2ccnc(-c3[c-]c(-c4cccc5c4nc(-c4cc(C(C)(C)C)cc(C(C)(C)C)c4O)n5-c4ccccc4-c4ccccc4)ccc3)c2o1.[Pt]. The maximum atomic E-state index is 12.3. The molecule has 0 aliphatic rings. The van der Waals surface area contributed by atoms with E-state index in [1.54, 1.807) is 0 Å². The van der Waals surface area contributed by atoms with E-state index >= 15 is 0 Å². The zero-order valence-corrected chi connectivity index (χ0v) is 37.6. The quantitative estimate of drug-likeness (QED) is 0.169. The number of rotatable bonds is 6. The van der Waals surface area contributed by atoms with E-state index in [-0.39, 0.29) is 37.6 Å². The molecule has 0 unspecified atom stereocenters. The summed E-state index contributed by atoms with van der Waals surface area (Å²) in [4.78, 5) is 10.4. The second kappa shape index (κ2) is 15.5. The predicted molar refractivity (Wildman–Crippen MR) is 243 cm³/mol. The van der Waals surface area contributed by atoms with Crippen molar-refractivity contribution in [3.63, 3.8) is 0 Å². The molecule has 302 valence electrons. The van der Waals surface area contributed by atoms with Crippen LogP contribution in [0.25, 0.3) is 83.9 Å². The van der Waals surface area contributed by atoms with Gasteiger partial charge >= 0.3 is 0 Å². The monoisotopic (exact) mass is 965 g/mol. The summed E-state index contributed by atoms with van der Waals surface area (Å²) in [7, 11) is 0. The van der Waals surface area contributed by atoms with Crippen LogP contribution < -0.4 is 0 Å². The molecule has 3 heterocycles. The topological polar surface area (TPSA) is 64.1 Å². The number of fused-ring (bicyclic) bond motifs is 2. The number of aromatic nitrogens is 3. The molecule has 0 radical (unpaired) electrons. The molecule has 0 atom stereocenters. The Labute approximate surface area is 367 Å². The summed E-state index contributed by atoms with van der Waals surface area (Å²) in [5.74, 6) is 1.74. The molecule has 6 heteroatoms. The number of benzene rings is 6. The van der Waals surface area contributed by atoms with Crippen molar-refractivity contribution in [1.29, 1.82) is 0 Å². The smallest absolute Gasteiger partial charge is 0.148 e. The number of pyridine rings is 1. The van der Waals surface area contributed by atoms with Gasteiger partial charge in [0.25, 0.3) is 0 Å². The second-order valence-electron chi connectivity index (χ2n) is 17.7. The molecule has 60 heavy (non-hydrogen) atoms. The number of phenols is 1. The van der Waals surface area contributed by atoms with Crippen molar-refractivity contribution in [2.45, 2.75) is 66.2 Å². The fraction of sp³-hybridized carbons (Fsp3) is 0.185. The molecule has 0 saturated heterocycles. The average Bonchev–Trinajstić information content (AvgIpc) is 3.82. The fourth-order valence-corrected chi connectivity index (χ4v) is 8.33. The number of phenolic OH excluding ortho intramolecular Hbond substituents is 1. The van der Waals surface area contributed by atoms with Gasteiger partial charge in [-0.25, -0.2) is 4.98 Å². The Morgan fingerprint density at radius 1 is 0.650 bits per heavy atom. The van der Waals surface area contributed by atoms with Crippen LogP contribution in [0.5, 0.6) is 5.75 Å². The number of aromatic hydroxyl groups is 1. The average molecular weight is 966 g/mol. The largest absolute Gasteiger partial charge is 0.507 e. The molecule has 1 N–H and O–H groups in total. The molecular weight excluding hydrogens is 918 g/mol. The van der Waals surface area contributed by atoms with Crippen LogP contribution in [0.2, 0.25) is 0 Å². The van der Waals surface area contributed by atoms with Gasteiger partial charge in [-0.3, -0.25) is 9.55 Å². The number of nitrogens with zero attached hydrogens (tertiary/aromatic N) is 3. The van der Waals surface area contributed by atoms with E-state index in [2.05, 4.69) is 175 Å². The van der Waals surface area contributed by atoms with Crippen LogP contribution in [0.3, 0.4) is 0 Å². The van der Waals surface area contributed by atoms with Crippen LogP contribution in [0.1, 0.15) is 63.8 Å². The Morgan fingerprint density at radius 2 is 1.32 bits per heavy atom. The molecule has 0 fully saturated rings. The number of hydrogen-bond donors (Lipinski definition) is 1. The zero-order chi connectivity index (χ0) is 41.2. The normalized spacial score (nSPS) is 11.9. The Bertz CT molecular complexity index is 3030. The molecule has 3 aromatic heterocycles. The van der Waals surface area contributed by atoms with Crippen LogP contribution in [-0.2, 0) is 31.9 Å². The molecule has 0 bridgehead atoms. The summed E-state index contributed by atoms with van der Waals surface area (Å²) < 4.78 is 8.86. The van der Waals surface area contributed by atoms with Crippen molar-refractivity contribution in [2.24, 2.45) is 0 Å². The maximum absolute atomic E-state index is 12.3. The maximum Gasteiger partial charge on any atom is 0.148 e. The van der Waals surface area contributed by atoms with Crippen LogP contribution in [0, 0.1) is 19.9 Å². The van der Waals surface area contributed by atoms with E-state index in [1.807, 2.05) is 30.5 Å². The standard InChI is InChI=1S/C54H48N3O2.Pt/c1-33-17-14-18-34(2)47(33)46-30-38-27-28-55-48(51(38)59-46)37-22-15-21-36(29-37)41-24-16-26-45-49(41)56-52(42-31-39(53(3,4)5)32-43(50(42)58)54(6,7)8)57(45)44-25-13-12-23-40(44)35-19-10-9-11-20-35;/h9-28,30-32,58H,1-8H3;/q-1;. The number of hydrogen-bond acceptors (Lipinski definition) is 4. The zero-order valence-electron chi connectivity index (χ0n) is 35.3. The van der Waals surface area contributed by atoms with Gasteiger partial charge in [-0.15, -0.1) is 29.8 Å². The van der Waals surface area contributed by atoms with Crippen molar-refractivity contribution in [1.82, 2.24) is 14.5 Å². The molecule has 5 nitrogen and oxygen atoms in total. The summed E-state index contributed by atoms with van der Waals surface area (Å²) in [6.07, 6.45) is 1.84. The van der Waals surface area contributed by atoms with Crippen LogP contribution in [0.4, 0.5) is 0 Å². The van der Waals surface area contributed by atoms with Crippen LogP contribution in [-0.4, -0.2) is 19.6 Å². The predicted octanol–water partition coefficient (Wildman–Crippen LogP) is 14.2. The summed E-state index contributed by atoms with van der Waals surface area (Å²) in [5.41, 5.74) is 14.6. The Morgan fingerprint density at radius 3 is 2.05 bits per heavy atom. The van der Waals surface area contributed by atoms with Gasteiger partial charge in [0, 0.05) is 55.0 Å². The van der Waals surface area contributed by atoms with E-state index in [1.165, 1.54) is 11.1 Å². The Kier molecular flexibility index (Phi) is 10.5. The van der Waals surface area contributed by atoms with Gasteiger partial charge in [-0.05, 0) is 77.3 Å². The van der Waals surface area contributed by atoms with E-state index in [0.717, 1.165) is 83.7 Å². The number of imidazole rings is 1. The van der Waals surface area contributed by atoms with Crippen molar-refractivity contribution in [2.75, 3.05) is 0 Å². The van der Waals surface area contributed by atoms with Gasteiger partial charge in [-0.2, -0.15) is 0 Å². The molecule has 9 aromatic rings. The first-order valence-corrected chi connectivity index (χ1v) is 20.3. The number of furan rings is 1. The molecule has 0 aliphatic heterocycles. The van der Waals surface area contributed by atoms with E-state index in [0.29, 0.717) is 11.4 Å². The van der Waals surface area contributed by atoms with Crippen molar-refractivity contribution >= 4 is 22.0 Å². The van der Waals surface area contributed by atoms with Crippen molar-refractivity contribution in [3.8, 4) is 67.7 Å². The van der Waals surface area contributed by atoms with E-state index in [4.69, 9.17) is 14.4 Å². The summed E-state index contributed by atoms with van der Waals surface area (Å²) in [5, 5.41) is 13.3. The first-order valence-electron chi connectivity index (χ1n) is 20.3. The van der Waals surface area contributed by atoms with Crippen molar-refractivity contribution < 1.29 is 30.6 Å². The number of para-hydroxylation sites is 2. The minimum absolute atomic E-state index is 0. The minimum Gasteiger partial charge on any atom is -0.507 e. The third-order valence-corrected chi connectivity index (χ3v) is 11.4. The van der Waals surface area contributed by atoms with Crippen LogP contribution >= 0.6 is 0 Å². The van der Waals surface area contributed by atoms with E-state index in [9.17, 15) is 5.11 Å². The summed E-state index contributed by atoms with van der Waals surface area (Å²) in [6.45, 7) is 17.3.